The van der Waals surface area contributed by atoms with Gasteiger partial charge in [-0.15, -0.1) is 0 Å². The number of nitrogens with two attached hydrogens (primary N) is 1. The van der Waals surface area contributed by atoms with Crippen LogP contribution in [-0.2, 0) is 0 Å². The highest BCUT2D eigenvalue weighted by Crippen LogP contribution is 2.34. The third-order valence-electron chi connectivity index (χ3n) is 4.48. The summed E-state index contributed by atoms with van der Waals surface area (Å²) in [5.41, 5.74) is 6.80. The van der Waals surface area contributed by atoms with Crippen molar-refractivity contribution in [3.8, 4) is 0 Å². The standard InChI is InChI=1S/C13H28N2/c1-5-13(6-2,11-14)15-9-7-12(3,4)8-10-15/h5-11,14H2,1-4H3. The first-order valence-corrected chi connectivity index (χ1v) is 6.45. The molecule has 2 nitrogen and oxygen atoms in total. The molecule has 0 bridgehead atoms. The number of hydrogen-bond acceptors (Lipinski definition) is 2. The fourth-order valence-corrected chi connectivity index (χ4v) is 2.70. The summed E-state index contributed by atoms with van der Waals surface area (Å²) in [7, 11) is 0. The van der Waals surface area contributed by atoms with E-state index in [9.17, 15) is 0 Å². The summed E-state index contributed by atoms with van der Waals surface area (Å²) < 4.78 is 0. The lowest BCUT2D eigenvalue weighted by molar-refractivity contribution is 0.0270. The van der Waals surface area contributed by atoms with Gasteiger partial charge >= 0.3 is 0 Å². The van der Waals surface area contributed by atoms with E-state index in [1.54, 1.807) is 0 Å². The Morgan fingerprint density at radius 3 is 1.93 bits per heavy atom. The van der Waals surface area contributed by atoms with Crippen LogP contribution in [-0.4, -0.2) is 30.1 Å². The molecule has 2 N–H and O–H groups in total. The van der Waals surface area contributed by atoms with Crippen molar-refractivity contribution in [2.75, 3.05) is 19.6 Å². The fourth-order valence-electron chi connectivity index (χ4n) is 2.70. The minimum absolute atomic E-state index is 0.274. The van der Waals surface area contributed by atoms with Crippen molar-refractivity contribution in [2.45, 2.75) is 58.9 Å². The summed E-state index contributed by atoms with van der Waals surface area (Å²) in [5.74, 6) is 0. The molecule has 0 spiro atoms. The van der Waals surface area contributed by atoms with Gasteiger partial charge in [-0.2, -0.15) is 0 Å². The Hall–Kier alpha value is -0.0800. The van der Waals surface area contributed by atoms with Crippen LogP contribution in [0.2, 0.25) is 0 Å². The number of rotatable bonds is 4. The zero-order chi connectivity index (χ0) is 11.5. The molecule has 1 aliphatic heterocycles. The first-order chi connectivity index (χ1) is 6.99. The zero-order valence-electron chi connectivity index (χ0n) is 11.0. The molecule has 1 saturated heterocycles. The van der Waals surface area contributed by atoms with Gasteiger partial charge in [0.2, 0.25) is 0 Å². The van der Waals surface area contributed by atoms with Crippen molar-refractivity contribution in [1.29, 1.82) is 0 Å². The molecule has 1 aliphatic rings. The largest absolute Gasteiger partial charge is 0.329 e. The zero-order valence-corrected chi connectivity index (χ0v) is 11.0. The van der Waals surface area contributed by atoms with Crippen molar-refractivity contribution in [3.05, 3.63) is 0 Å². The molecule has 15 heavy (non-hydrogen) atoms. The highest BCUT2D eigenvalue weighted by Gasteiger charge is 2.36. The van der Waals surface area contributed by atoms with Crippen LogP contribution in [0, 0.1) is 5.41 Å². The molecule has 0 aromatic rings. The van der Waals surface area contributed by atoms with Crippen LogP contribution in [0.25, 0.3) is 0 Å². The van der Waals surface area contributed by atoms with Gasteiger partial charge in [-0.25, -0.2) is 0 Å². The highest BCUT2D eigenvalue weighted by atomic mass is 15.2. The maximum absolute atomic E-state index is 5.99. The van der Waals surface area contributed by atoms with Crippen LogP contribution >= 0.6 is 0 Å². The van der Waals surface area contributed by atoms with Gasteiger partial charge < -0.3 is 5.73 Å². The van der Waals surface area contributed by atoms with Crippen molar-refractivity contribution >= 4 is 0 Å². The molecule has 90 valence electrons. The molecular weight excluding hydrogens is 184 g/mol. The first-order valence-electron chi connectivity index (χ1n) is 6.45. The van der Waals surface area contributed by atoms with E-state index in [4.69, 9.17) is 5.73 Å². The number of hydrogen-bond donors (Lipinski definition) is 1. The van der Waals surface area contributed by atoms with Crippen molar-refractivity contribution in [2.24, 2.45) is 11.1 Å². The fraction of sp³-hybridized carbons (Fsp3) is 1.00. The molecule has 0 aliphatic carbocycles. The normalized spacial score (nSPS) is 23.0. The smallest absolute Gasteiger partial charge is 0.0326 e. The van der Waals surface area contributed by atoms with Gasteiger partial charge in [0.25, 0.3) is 0 Å². The Balaban J connectivity index is 2.64. The van der Waals surface area contributed by atoms with Crippen LogP contribution in [0.5, 0.6) is 0 Å². The molecular formula is C13H28N2. The molecule has 0 aromatic heterocycles. The monoisotopic (exact) mass is 212 g/mol. The maximum Gasteiger partial charge on any atom is 0.0326 e. The molecule has 0 unspecified atom stereocenters. The van der Waals surface area contributed by atoms with Crippen molar-refractivity contribution in [1.82, 2.24) is 4.90 Å². The molecule has 2 heteroatoms. The summed E-state index contributed by atoms with van der Waals surface area (Å²) >= 11 is 0. The summed E-state index contributed by atoms with van der Waals surface area (Å²) in [6.07, 6.45) is 4.99. The summed E-state index contributed by atoms with van der Waals surface area (Å²) in [6, 6.07) is 0. The van der Waals surface area contributed by atoms with Crippen molar-refractivity contribution < 1.29 is 0 Å². The SMILES string of the molecule is CCC(CC)(CN)N1CCC(C)(C)CC1. The lowest BCUT2D eigenvalue weighted by Gasteiger charge is -2.48. The first kappa shape index (κ1) is 13.0. The van der Waals surface area contributed by atoms with Gasteiger partial charge in [0.05, 0.1) is 0 Å². The minimum atomic E-state index is 0.274. The molecule has 1 rings (SSSR count). The molecule has 0 atom stereocenters. The van der Waals surface area contributed by atoms with Crippen LogP contribution in [0.1, 0.15) is 53.4 Å². The van der Waals surface area contributed by atoms with Crippen LogP contribution in [0.4, 0.5) is 0 Å². The Kier molecular flexibility index (Phi) is 4.19. The maximum atomic E-state index is 5.99. The van der Waals surface area contributed by atoms with Gasteiger partial charge in [-0.3, -0.25) is 4.90 Å². The number of nitrogens with zero attached hydrogens (tertiary/aromatic N) is 1. The summed E-state index contributed by atoms with van der Waals surface area (Å²) in [6.45, 7) is 12.6. The van der Waals surface area contributed by atoms with E-state index in [0.717, 1.165) is 6.54 Å². The van der Waals surface area contributed by atoms with Gasteiger partial charge in [-0.1, -0.05) is 27.7 Å². The van der Waals surface area contributed by atoms with E-state index in [0.29, 0.717) is 5.41 Å². The van der Waals surface area contributed by atoms with E-state index in [1.807, 2.05) is 0 Å². The Labute approximate surface area is 95.2 Å². The second kappa shape index (κ2) is 4.84. The topological polar surface area (TPSA) is 29.3 Å². The second-order valence-corrected chi connectivity index (χ2v) is 5.79. The molecule has 0 saturated carbocycles. The van der Waals surface area contributed by atoms with Gasteiger partial charge in [0.1, 0.15) is 0 Å². The predicted octanol–water partition coefficient (Wildman–Crippen LogP) is 2.63. The van der Waals surface area contributed by atoms with Crippen LogP contribution in [0.15, 0.2) is 0 Å². The lowest BCUT2D eigenvalue weighted by Crippen LogP contribution is -2.56. The van der Waals surface area contributed by atoms with Crippen LogP contribution in [0.3, 0.4) is 0 Å². The lowest BCUT2D eigenvalue weighted by atomic mass is 9.79. The Bertz CT molecular complexity index is 176. The molecule has 0 aromatic carbocycles. The van der Waals surface area contributed by atoms with E-state index in [1.165, 1.54) is 38.8 Å². The summed E-state index contributed by atoms with van der Waals surface area (Å²) in [4.78, 5) is 2.64. The summed E-state index contributed by atoms with van der Waals surface area (Å²) in [5, 5.41) is 0. The predicted molar refractivity (Wildman–Crippen MR) is 67.0 cm³/mol. The molecule has 1 heterocycles. The molecule has 0 amide bonds. The number of piperidine rings is 1. The molecule has 1 fully saturated rings. The van der Waals surface area contributed by atoms with Gasteiger partial charge in [0, 0.05) is 12.1 Å². The van der Waals surface area contributed by atoms with E-state index < -0.39 is 0 Å². The molecule has 0 radical (unpaired) electrons. The average Bonchev–Trinajstić information content (AvgIpc) is 2.23. The van der Waals surface area contributed by atoms with E-state index >= 15 is 0 Å². The van der Waals surface area contributed by atoms with E-state index in [2.05, 4.69) is 32.6 Å². The van der Waals surface area contributed by atoms with Gasteiger partial charge in [-0.05, 0) is 44.2 Å². The second-order valence-electron chi connectivity index (χ2n) is 5.79. The van der Waals surface area contributed by atoms with E-state index in [-0.39, 0.29) is 5.54 Å². The minimum Gasteiger partial charge on any atom is -0.329 e. The third kappa shape index (κ3) is 2.73. The quantitative estimate of drug-likeness (QED) is 0.776. The van der Waals surface area contributed by atoms with Crippen molar-refractivity contribution in [3.63, 3.8) is 0 Å². The number of likely N-dealkylation sites (tertiary alicyclic amines) is 1. The van der Waals surface area contributed by atoms with Gasteiger partial charge in [0.15, 0.2) is 0 Å². The highest BCUT2D eigenvalue weighted by molar-refractivity contribution is 4.93. The Morgan fingerprint density at radius 2 is 1.60 bits per heavy atom. The third-order valence-corrected chi connectivity index (χ3v) is 4.48. The average molecular weight is 212 g/mol. The Morgan fingerprint density at radius 1 is 1.13 bits per heavy atom. The van der Waals surface area contributed by atoms with Crippen LogP contribution < -0.4 is 5.73 Å².